The van der Waals surface area contributed by atoms with Crippen molar-refractivity contribution in [3.63, 3.8) is 0 Å². The Morgan fingerprint density at radius 2 is 2.19 bits per heavy atom. The van der Waals surface area contributed by atoms with Crippen LogP contribution in [0.3, 0.4) is 0 Å². The molecule has 0 bridgehead atoms. The number of carbonyl (C=O) groups excluding carboxylic acids is 1. The van der Waals surface area contributed by atoms with Crippen molar-refractivity contribution in [1.29, 1.82) is 0 Å². The first-order valence-electron chi connectivity index (χ1n) is 5.51. The minimum Gasteiger partial charge on any atom is -0.491 e. The summed E-state index contributed by atoms with van der Waals surface area (Å²) in [6.45, 7) is 4.95. The summed E-state index contributed by atoms with van der Waals surface area (Å²) >= 11 is 5.97. The molecule has 0 amide bonds. The van der Waals surface area contributed by atoms with Crippen molar-refractivity contribution in [3.8, 4) is 5.75 Å². The molecule has 2 nitrogen and oxygen atoms in total. The molecule has 0 heterocycles. The Morgan fingerprint density at radius 3 is 2.81 bits per heavy atom. The average Bonchev–Trinajstić information content (AvgIpc) is 2.25. The molecule has 0 fully saturated rings. The van der Waals surface area contributed by atoms with Crippen LogP contribution in [0.5, 0.6) is 5.75 Å². The van der Waals surface area contributed by atoms with Crippen LogP contribution in [0, 0.1) is 5.92 Å². The lowest BCUT2D eigenvalue weighted by atomic mass is 10.1. The van der Waals surface area contributed by atoms with Crippen LogP contribution in [0.15, 0.2) is 18.2 Å². The molecular formula is C13H17ClO2. The third-order valence-corrected chi connectivity index (χ3v) is 2.59. The van der Waals surface area contributed by atoms with E-state index in [2.05, 4.69) is 13.8 Å². The molecule has 0 radical (unpaired) electrons. The molecule has 1 aromatic rings. The van der Waals surface area contributed by atoms with E-state index < -0.39 is 0 Å². The first kappa shape index (κ1) is 13.0. The standard InChI is InChI=1S/C13H17ClO2/c1-10(2)5-4-8-16-13-11(9-15)6-3-7-12(13)14/h3,6-7,9-10H,4-5,8H2,1-2H3. The minimum absolute atomic E-state index is 0.495. The van der Waals surface area contributed by atoms with Crippen LogP contribution in [-0.2, 0) is 0 Å². The highest BCUT2D eigenvalue weighted by molar-refractivity contribution is 6.32. The summed E-state index contributed by atoms with van der Waals surface area (Å²) in [4.78, 5) is 10.8. The largest absolute Gasteiger partial charge is 0.491 e. The zero-order chi connectivity index (χ0) is 12.0. The number of carbonyl (C=O) groups is 1. The van der Waals surface area contributed by atoms with Crippen LogP contribution in [0.25, 0.3) is 0 Å². The molecule has 0 aliphatic heterocycles. The first-order chi connectivity index (χ1) is 7.65. The van der Waals surface area contributed by atoms with Gasteiger partial charge in [-0.3, -0.25) is 4.79 Å². The average molecular weight is 241 g/mol. The van der Waals surface area contributed by atoms with Crippen LogP contribution in [0.1, 0.15) is 37.0 Å². The van der Waals surface area contributed by atoms with Gasteiger partial charge in [0.15, 0.2) is 6.29 Å². The van der Waals surface area contributed by atoms with Crippen LogP contribution >= 0.6 is 11.6 Å². The molecule has 88 valence electrons. The van der Waals surface area contributed by atoms with Crippen molar-refractivity contribution >= 4 is 17.9 Å². The Balaban J connectivity index is 2.55. The van der Waals surface area contributed by atoms with Gasteiger partial charge in [-0.05, 0) is 30.9 Å². The van der Waals surface area contributed by atoms with E-state index in [1.807, 2.05) is 0 Å². The van der Waals surface area contributed by atoms with E-state index in [1.165, 1.54) is 0 Å². The Bertz CT molecular complexity index is 348. The van der Waals surface area contributed by atoms with Crippen molar-refractivity contribution < 1.29 is 9.53 Å². The Hall–Kier alpha value is -1.02. The van der Waals surface area contributed by atoms with Crippen LogP contribution in [0.4, 0.5) is 0 Å². The monoisotopic (exact) mass is 240 g/mol. The van der Waals surface area contributed by atoms with Gasteiger partial charge in [-0.25, -0.2) is 0 Å². The van der Waals surface area contributed by atoms with Crippen molar-refractivity contribution in [2.24, 2.45) is 5.92 Å². The molecule has 0 spiro atoms. The zero-order valence-electron chi connectivity index (χ0n) is 9.70. The first-order valence-corrected chi connectivity index (χ1v) is 5.89. The second-order valence-corrected chi connectivity index (χ2v) is 4.57. The maximum Gasteiger partial charge on any atom is 0.153 e. The third-order valence-electron chi connectivity index (χ3n) is 2.30. The predicted octanol–water partition coefficient (Wildman–Crippen LogP) is 3.97. The van der Waals surface area contributed by atoms with Crippen molar-refractivity contribution in [3.05, 3.63) is 28.8 Å². The number of ether oxygens (including phenoxy) is 1. The molecule has 0 saturated heterocycles. The van der Waals surface area contributed by atoms with Crippen molar-refractivity contribution in [1.82, 2.24) is 0 Å². The smallest absolute Gasteiger partial charge is 0.153 e. The van der Waals surface area contributed by atoms with E-state index in [1.54, 1.807) is 18.2 Å². The fraction of sp³-hybridized carbons (Fsp3) is 0.462. The van der Waals surface area contributed by atoms with Crippen LogP contribution < -0.4 is 4.74 Å². The second kappa shape index (κ2) is 6.54. The highest BCUT2D eigenvalue weighted by Crippen LogP contribution is 2.27. The van der Waals surface area contributed by atoms with Gasteiger partial charge in [-0.2, -0.15) is 0 Å². The van der Waals surface area contributed by atoms with E-state index in [9.17, 15) is 4.79 Å². The third kappa shape index (κ3) is 3.86. The zero-order valence-corrected chi connectivity index (χ0v) is 10.5. The topological polar surface area (TPSA) is 26.3 Å². The molecule has 0 aliphatic carbocycles. The molecule has 3 heteroatoms. The fourth-order valence-electron chi connectivity index (χ4n) is 1.44. The summed E-state index contributed by atoms with van der Waals surface area (Å²) in [5.41, 5.74) is 0.511. The summed E-state index contributed by atoms with van der Waals surface area (Å²) < 4.78 is 5.55. The highest BCUT2D eigenvalue weighted by Gasteiger charge is 2.07. The molecule has 0 saturated carbocycles. The fourth-order valence-corrected chi connectivity index (χ4v) is 1.67. The maximum atomic E-state index is 10.8. The van der Waals surface area contributed by atoms with Crippen LogP contribution in [0.2, 0.25) is 5.02 Å². The molecule has 16 heavy (non-hydrogen) atoms. The Kier molecular flexibility index (Phi) is 5.33. The minimum atomic E-state index is 0.495. The summed E-state index contributed by atoms with van der Waals surface area (Å²) in [5, 5.41) is 0.495. The van der Waals surface area contributed by atoms with Crippen LogP contribution in [-0.4, -0.2) is 12.9 Å². The van der Waals surface area contributed by atoms with Crippen molar-refractivity contribution in [2.75, 3.05) is 6.61 Å². The van der Waals surface area contributed by atoms with Gasteiger partial charge in [0, 0.05) is 0 Å². The molecule has 0 aromatic heterocycles. The number of aldehydes is 1. The Morgan fingerprint density at radius 1 is 1.44 bits per heavy atom. The summed E-state index contributed by atoms with van der Waals surface area (Å²) in [5.74, 6) is 1.17. The van der Waals surface area contributed by atoms with Gasteiger partial charge in [0.25, 0.3) is 0 Å². The second-order valence-electron chi connectivity index (χ2n) is 4.16. The van der Waals surface area contributed by atoms with E-state index in [-0.39, 0.29) is 0 Å². The number of halogens is 1. The van der Waals surface area contributed by atoms with Gasteiger partial charge in [-0.1, -0.05) is 31.5 Å². The maximum absolute atomic E-state index is 10.8. The molecule has 0 aliphatic rings. The van der Waals surface area contributed by atoms with E-state index in [0.29, 0.717) is 28.9 Å². The summed E-state index contributed by atoms with van der Waals surface area (Å²) in [6.07, 6.45) is 2.85. The highest BCUT2D eigenvalue weighted by atomic mass is 35.5. The van der Waals surface area contributed by atoms with Gasteiger partial charge in [0.1, 0.15) is 5.75 Å². The molecule has 1 rings (SSSR count). The lowest BCUT2D eigenvalue weighted by molar-refractivity contribution is 0.111. The Labute approximate surface area is 102 Å². The lowest BCUT2D eigenvalue weighted by Gasteiger charge is -2.10. The normalized spacial score (nSPS) is 10.5. The van der Waals surface area contributed by atoms with Gasteiger partial charge in [-0.15, -0.1) is 0 Å². The van der Waals surface area contributed by atoms with Crippen molar-refractivity contribution in [2.45, 2.75) is 26.7 Å². The quantitative estimate of drug-likeness (QED) is 0.556. The number of para-hydroxylation sites is 1. The molecular weight excluding hydrogens is 224 g/mol. The number of hydrogen-bond donors (Lipinski definition) is 0. The summed E-state index contributed by atoms with van der Waals surface area (Å²) in [6, 6.07) is 5.18. The van der Waals surface area contributed by atoms with Gasteiger partial charge < -0.3 is 4.74 Å². The number of rotatable bonds is 6. The van der Waals surface area contributed by atoms with E-state index >= 15 is 0 Å². The SMILES string of the molecule is CC(C)CCCOc1c(Cl)cccc1C=O. The summed E-state index contributed by atoms with van der Waals surface area (Å²) in [7, 11) is 0. The van der Waals surface area contributed by atoms with Gasteiger partial charge >= 0.3 is 0 Å². The number of benzene rings is 1. The molecule has 1 aromatic carbocycles. The number of hydrogen-bond acceptors (Lipinski definition) is 2. The molecule has 0 atom stereocenters. The van der Waals surface area contributed by atoms with E-state index in [4.69, 9.17) is 16.3 Å². The molecule has 0 unspecified atom stereocenters. The van der Waals surface area contributed by atoms with Gasteiger partial charge in [0.05, 0.1) is 17.2 Å². The van der Waals surface area contributed by atoms with E-state index in [0.717, 1.165) is 19.1 Å². The van der Waals surface area contributed by atoms with Gasteiger partial charge in [0.2, 0.25) is 0 Å². The lowest BCUT2D eigenvalue weighted by Crippen LogP contribution is -2.02. The molecule has 0 N–H and O–H groups in total. The predicted molar refractivity (Wildman–Crippen MR) is 66.4 cm³/mol.